The fourth-order valence-corrected chi connectivity index (χ4v) is 2.68. The van der Waals surface area contributed by atoms with E-state index in [1.165, 1.54) is 6.20 Å². The first-order chi connectivity index (χ1) is 9.71. The highest BCUT2D eigenvalue weighted by molar-refractivity contribution is 7.46. The Balaban J connectivity index is 2.25. The first-order valence-electron chi connectivity index (χ1n) is 6.07. The lowest BCUT2D eigenvalue weighted by Crippen LogP contribution is -2.28. The van der Waals surface area contributed by atoms with Gasteiger partial charge in [0.05, 0.1) is 6.61 Å². The number of nitrogens with zero attached hydrogens (tertiary/aromatic N) is 2. The van der Waals surface area contributed by atoms with Crippen molar-refractivity contribution in [1.29, 1.82) is 0 Å². The Morgan fingerprint density at radius 2 is 2.29 bits per heavy atom. The third-order valence-electron chi connectivity index (χ3n) is 3.12. The van der Waals surface area contributed by atoms with Crippen molar-refractivity contribution in [2.45, 2.75) is 31.8 Å². The fraction of sp³-hybridized carbons (Fsp3) is 0.600. The molecular weight excluding hydrogens is 305 g/mol. The highest BCUT2D eigenvalue weighted by Crippen LogP contribution is 2.43. The number of phosphoric ester groups is 1. The molecule has 1 aromatic heterocycles. The lowest BCUT2D eigenvalue weighted by Gasteiger charge is -2.16. The van der Waals surface area contributed by atoms with Gasteiger partial charge in [-0.2, -0.15) is 4.98 Å². The number of ether oxygens (including phenoxy) is 1. The minimum absolute atomic E-state index is 0.0126. The lowest BCUT2D eigenvalue weighted by atomic mass is 10.2. The van der Waals surface area contributed by atoms with E-state index in [9.17, 15) is 14.5 Å². The first-order valence-corrected chi connectivity index (χ1v) is 7.60. The largest absolute Gasteiger partial charge is 0.469 e. The Labute approximate surface area is 119 Å². The summed E-state index contributed by atoms with van der Waals surface area (Å²) >= 11 is 0. The van der Waals surface area contributed by atoms with Crippen molar-refractivity contribution in [2.75, 3.05) is 12.3 Å². The Bertz CT molecular complexity index is 628. The Kier molecular flexibility index (Phi) is 4.47. The minimum Gasteiger partial charge on any atom is -0.394 e. The molecular formula is C10H16N3O7P. The van der Waals surface area contributed by atoms with Crippen molar-refractivity contribution >= 4 is 13.6 Å². The summed E-state index contributed by atoms with van der Waals surface area (Å²) in [5.74, 6) is 0.0935. The number of anilines is 1. The average molecular weight is 321 g/mol. The zero-order valence-corrected chi connectivity index (χ0v) is 12.0. The van der Waals surface area contributed by atoms with Gasteiger partial charge < -0.3 is 25.4 Å². The highest BCUT2D eigenvalue weighted by atomic mass is 31.2. The summed E-state index contributed by atoms with van der Waals surface area (Å²) in [6, 6.07) is 0. The van der Waals surface area contributed by atoms with Crippen LogP contribution in [0.15, 0.2) is 11.0 Å². The standard InChI is InChI=1S/C10H16N3O7P/c1-5-3-13(10(15)12-9(5)11)8-2-6(7(4-14)19-8)20-21(16,17)18/h3,6-8,14H,2,4H2,1H3,(H2,11,12,15)(H2,16,17,18)/t6-,7+,8+/m0/s1. The van der Waals surface area contributed by atoms with Crippen molar-refractivity contribution in [3.63, 3.8) is 0 Å². The van der Waals surface area contributed by atoms with Crippen LogP contribution in [0.1, 0.15) is 18.2 Å². The maximum atomic E-state index is 11.8. The van der Waals surface area contributed by atoms with E-state index in [4.69, 9.17) is 20.3 Å². The maximum absolute atomic E-state index is 11.8. The van der Waals surface area contributed by atoms with Crippen LogP contribution < -0.4 is 11.4 Å². The van der Waals surface area contributed by atoms with Crippen LogP contribution in [0.2, 0.25) is 0 Å². The van der Waals surface area contributed by atoms with E-state index in [-0.39, 0.29) is 12.2 Å². The van der Waals surface area contributed by atoms with E-state index in [0.717, 1.165) is 4.57 Å². The van der Waals surface area contributed by atoms with Gasteiger partial charge in [0.1, 0.15) is 24.3 Å². The van der Waals surface area contributed by atoms with Crippen molar-refractivity contribution < 1.29 is 28.7 Å². The van der Waals surface area contributed by atoms with Crippen molar-refractivity contribution in [3.8, 4) is 0 Å². The van der Waals surface area contributed by atoms with Crippen LogP contribution in [-0.2, 0) is 13.8 Å². The predicted molar refractivity (Wildman–Crippen MR) is 70.2 cm³/mol. The summed E-state index contributed by atoms with van der Waals surface area (Å²) in [5, 5.41) is 9.19. The second-order valence-corrected chi connectivity index (χ2v) is 5.87. The van der Waals surface area contributed by atoms with Crippen LogP contribution in [0.25, 0.3) is 0 Å². The molecule has 2 rings (SSSR count). The van der Waals surface area contributed by atoms with E-state index < -0.39 is 38.6 Å². The number of aromatic nitrogens is 2. The van der Waals surface area contributed by atoms with Gasteiger partial charge in [-0.3, -0.25) is 9.09 Å². The third-order valence-corrected chi connectivity index (χ3v) is 3.66. The number of aryl methyl sites for hydroxylation is 1. The fourth-order valence-electron chi connectivity index (χ4n) is 2.11. The number of hydrogen-bond donors (Lipinski definition) is 4. The SMILES string of the molecule is Cc1cn([C@H]2C[C@H](OP(=O)(O)O)[C@@H](CO)O2)c(=O)nc1N. The molecule has 0 aromatic carbocycles. The molecule has 118 valence electrons. The van der Waals surface area contributed by atoms with E-state index >= 15 is 0 Å². The maximum Gasteiger partial charge on any atom is 0.469 e. The zero-order chi connectivity index (χ0) is 15.8. The molecule has 0 aliphatic carbocycles. The summed E-state index contributed by atoms with van der Waals surface area (Å²) in [5.41, 5.74) is 5.42. The van der Waals surface area contributed by atoms with Gasteiger partial charge in [0.25, 0.3) is 0 Å². The molecule has 0 spiro atoms. The molecule has 1 aromatic rings. The smallest absolute Gasteiger partial charge is 0.394 e. The normalized spacial score (nSPS) is 26.2. The Morgan fingerprint density at radius 1 is 1.62 bits per heavy atom. The summed E-state index contributed by atoms with van der Waals surface area (Å²) in [4.78, 5) is 33.1. The Morgan fingerprint density at radius 3 is 2.86 bits per heavy atom. The summed E-state index contributed by atoms with van der Waals surface area (Å²) in [6.07, 6.45) is -1.42. The summed E-state index contributed by atoms with van der Waals surface area (Å²) in [7, 11) is -4.73. The van der Waals surface area contributed by atoms with Gasteiger partial charge in [0, 0.05) is 18.2 Å². The van der Waals surface area contributed by atoms with Crippen molar-refractivity contribution in [1.82, 2.24) is 9.55 Å². The number of hydrogen-bond acceptors (Lipinski definition) is 7. The molecule has 0 unspecified atom stereocenters. The van der Waals surface area contributed by atoms with Crippen molar-refractivity contribution in [3.05, 3.63) is 22.2 Å². The molecule has 0 amide bonds. The van der Waals surface area contributed by atoms with Gasteiger partial charge in [-0.1, -0.05) is 0 Å². The van der Waals surface area contributed by atoms with Crippen LogP contribution in [-0.4, -0.2) is 43.3 Å². The molecule has 0 bridgehead atoms. The molecule has 11 heteroatoms. The van der Waals surface area contributed by atoms with Gasteiger partial charge in [-0.05, 0) is 6.92 Å². The monoisotopic (exact) mass is 321 g/mol. The highest BCUT2D eigenvalue weighted by Gasteiger charge is 2.40. The molecule has 1 aliphatic heterocycles. The predicted octanol–water partition coefficient (Wildman–Crippen LogP) is -1.11. The quantitative estimate of drug-likeness (QED) is 0.505. The topological polar surface area (TPSA) is 157 Å². The number of nitrogens with two attached hydrogens (primary N) is 1. The molecule has 2 heterocycles. The van der Waals surface area contributed by atoms with E-state index in [1.807, 2.05) is 0 Å². The van der Waals surface area contributed by atoms with Gasteiger partial charge in [0.15, 0.2) is 0 Å². The number of nitrogen functional groups attached to an aromatic ring is 1. The summed E-state index contributed by atoms with van der Waals surface area (Å²) < 4.78 is 22.0. The van der Waals surface area contributed by atoms with Gasteiger partial charge in [-0.15, -0.1) is 0 Å². The van der Waals surface area contributed by atoms with Crippen LogP contribution in [0.5, 0.6) is 0 Å². The number of rotatable bonds is 4. The Hall–Kier alpha value is -1.29. The van der Waals surface area contributed by atoms with Crippen molar-refractivity contribution in [2.24, 2.45) is 0 Å². The minimum atomic E-state index is -4.73. The first kappa shape index (κ1) is 16.1. The van der Waals surface area contributed by atoms with E-state index in [1.54, 1.807) is 6.92 Å². The van der Waals surface area contributed by atoms with Crippen LogP contribution in [0, 0.1) is 6.92 Å². The molecule has 5 N–H and O–H groups in total. The van der Waals surface area contributed by atoms with Crippen LogP contribution in [0.3, 0.4) is 0 Å². The number of aliphatic hydroxyl groups is 1. The van der Waals surface area contributed by atoms with E-state index in [2.05, 4.69) is 9.51 Å². The molecule has 0 radical (unpaired) electrons. The van der Waals surface area contributed by atoms with Crippen LogP contribution in [0.4, 0.5) is 5.82 Å². The third kappa shape index (κ3) is 3.67. The zero-order valence-electron chi connectivity index (χ0n) is 11.1. The second kappa shape index (κ2) is 5.84. The molecule has 21 heavy (non-hydrogen) atoms. The molecule has 0 saturated carbocycles. The number of phosphoric acid groups is 1. The summed E-state index contributed by atoms with van der Waals surface area (Å²) in [6.45, 7) is 1.15. The second-order valence-electron chi connectivity index (χ2n) is 4.68. The molecule has 3 atom stereocenters. The molecule has 1 fully saturated rings. The van der Waals surface area contributed by atoms with Gasteiger partial charge in [-0.25, -0.2) is 9.36 Å². The molecule has 1 aliphatic rings. The van der Waals surface area contributed by atoms with Gasteiger partial charge in [0.2, 0.25) is 0 Å². The lowest BCUT2D eigenvalue weighted by molar-refractivity contribution is -0.0452. The molecule has 10 nitrogen and oxygen atoms in total. The number of aliphatic hydroxyl groups excluding tert-OH is 1. The average Bonchev–Trinajstić information content (AvgIpc) is 2.74. The van der Waals surface area contributed by atoms with Gasteiger partial charge >= 0.3 is 13.5 Å². The van der Waals surface area contributed by atoms with Crippen LogP contribution >= 0.6 is 7.82 Å². The molecule has 1 saturated heterocycles. The van der Waals surface area contributed by atoms with E-state index in [0.29, 0.717) is 5.56 Å².